The quantitative estimate of drug-likeness (QED) is 0.799. The third kappa shape index (κ3) is 2.14. The summed E-state index contributed by atoms with van der Waals surface area (Å²) in [7, 11) is 0. The topological polar surface area (TPSA) is 90.7 Å². The van der Waals surface area contributed by atoms with E-state index in [1.807, 2.05) is 18.2 Å². The number of aromatic nitrogens is 4. The normalized spacial score (nSPS) is 16.6. The van der Waals surface area contributed by atoms with E-state index in [9.17, 15) is 0 Å². The molecule has 0 atom stereocenters. The Kier molecular flexibility index (Phi) is 2.83. The maximum Gasteiger partial charge on any atom is 0.269 e. The molecule has 0 aliphatic heterocycles. The van der Waals surface area contributed by atoms with Gasteiger partial charge in [0.15, 0.2) is 5.82 Å². The van der Waals surface area contributed by atoms with Gasteiger partial charge in [-0.2, -0.15) is 4.98 Å². The van der Waals surface area contributed by atoms with Crippen LogP contribution in [-0.2, 0) is 5.54 Å². The second kappa shape index (κ2) is 4.71. The minimum absolute atomic E-state index is 0.406. The summed E-state index contributed by atoms with van der Waals surface area (Å²) in [5, 5.41) is 4.85. The average Bonchev–Trinajstić information content (AvgIpc) is 3.14. The van der Waals surface area contributed by atoms with Gasteiger partial charge < -0.3 is 10.3 Å². The second-order valence-electron chi connectivity index (χ2n) is 5.18. The molecule has 6 nitrogen and oxygen atoms in total. The van der Waals surface area contributed by atoms with Crippen molar-refractivity contribution in [2.24, 2.45) is 5.73 Å². The van der Waals surface area contributed by atoms with Crippen LogP contribution >= 0.6 is 11.3 Å². The standard InChI is InChI=1S/C14H13N5OS/c15-14(5-3-6-14)13-18-11(20-19-13)10-8-17-12(21-10)9-4-1-2-7-16-9/h1-2,4,7-8H,3,5-6,15H2. The van der Waals surface area contributed by atoms with Crippen molar-refractivity contribution in [3.8, 4) is 21.5 Å². The zero-order valence-corrected chi connectivity index (χ0v) is 12.0. The van der Waals surface area contributed by atoms with Crippen molar-refractivity contribution in [3.05, 3.63) is 36.4 Å². The van der Waals surface area contributed by atoms with Crippen molar-refractivity contribution in [1.29, 1.82) is 0 Å². The zero-order valence-electron chi connectivity index (χ0n) is 11.2. The van der Waals surface area contributed by atoms with Crippen molar-refractivity contribution in [3.63, 3.8) is 0 Å². The van der Waals surface area contributed by atoms with E-state index < -0.39 is 5.54 Å². The van der Waals surface area contributed by atoms with E-state index in [-0.39, 0.29) is 0 Å². The smallest absolute Gasteiger partial charge is 0.269 e. The van der Waals surface area contributed by atoms with Gasteiger partial charge in [0, 0.05) is 6.20 Å². The summed E-state index contributed by atoms with van der Waals surface area (Å²) < 4.78 is 5.33. The highest BCUT2D eigenvalue weighted by Gasteiger charge is 2.39. The number of hydrogen-bond donors (Lipinski definition) is 1. The Bertz CT molecular complexity index is 763. The molecule has 4 rings (SSSR count). The monoisotopic (exact) mass is 299 g/mol. The van der Waals surface area contributed by atoms with Crippen molar-refractivity contribution in [2.45, 2.75) is 24.8 Å². The van der Waals surface area contributed by atoms with Crippen LogP contribution in [0.15, 0.2) is 35.1 Å². The summed E-state index contributed by atoms with van der Waals surface area (Å²) in [5.41, 5.74) is 6.63. The molecule has 0 saturated heterocycles. The number of pyridine rings is 1. The predicted molar refractivity (Wildman–Crippen MR) is 78.4 cm³/mol. The molecule has 0 aromatic carbocycles. The van der Waals surface area contributed by atoms with E-state index in [1.54, 1.807) is 12.4 Å². The lowest BCUT2D eigenvalue weighted by molar-refractivity contribution is 0.229. The summed E-state index contributed by atoms with van der Waals surface area (Å²) >= 11 is 1.48. The van der Waals surface area contributed by atoms with Crippen molar-refractivity contribution >= 4 is 11.3 Å². The fourth-order valence-corrected chi connectivity index (χ4v) is 3.10. The molecule has 2 N–H and O–H groups in total. The lowest BCUT2D eigenvalue weighted by Gasteiger charge is -2.34. The summed E-state index contributed by atoms with van der Waals surface area (Å²) in [6.07, 6.45) is 6.42. The van der Waals surface area contributed by atoms with E-state index in [0.29, 0.717) is 11.7 Å². The van der Waals surface area contributed by atoms with Crippen LogP contribution in [0.4, 0.5) is 0 Å². The number of nitrogens with two attached hydrogens (primary N) is 1. The Balaban J connectivity index is 1.64. The highest BCUT2D eigenvalue weighted by molar-refractivity contribution is 7.18. The van der Waals surface area contributed by atoms with Crippen LogP contribution < -0.4 is 5.73 Å². The Morgan fingerprint density at radius 1 is 1.24 bits per heavy atom. The Morgan fingerprint density at radius 2 is 2.14 bits per heavy atom. The molecule has 1 fully saturated rings. The van der Waals surface area contributed by atoms with Gasteiger partial charge in [0.05, 0.1) is 17.4 Å². The molecule has 7 heteroatoms. The first kappa shape index (κ1) is 12.6. The summed E-state index contributed by atoms with van der Waals surface area (Å²) in [5.74, 6) is 1.07. The molecule has 1 aliphatic rings. The Morgan fingerprint density at radius 3 is 2.86 bits per heavy atom. The first-order chi connectivity index (χ1) is 10.2. The van der Waals surface area contributed by atoms with E-state index >= 15 is 0 Å². The van der Waals surface area contributed by atoms with Crippen LogP contribution in [0.1, 0.15) is 25.1 Å². The second-order valence-corrected chi connectivity index (χ2v) is 6.21. The predicted octanol–water partition coefficient (Wildman–Crippen LogP) is 2.59. The van der Waals surface area contributed by atoms with Crippen LogP contribution in [0, 0.1) is 0 Å². The maximum atomic E-state index is 6.20. The lowest BCUT2D eigenvalue weighted by atomic mass is 9.77. The molecule has 1 saturated carbocycles. The SMILES string of the molecule is NC1(c2noc(-c3cnc(-c4ccccn4)s3)n2)CCC1. The summed E-state index contributed by atoms with van der Waals surface area (Å²) in [6.45, 7) is 0. The van der Waals surface area contributed by atoms with Crippen LogP contribution in [0.5, 0.6) is 0 Å². The number of rotatable bonds is 3. The molecule has 0 radical (unpaired) electrons. The highest BCUT2D eigenvalue weighted by Crippen LogP contribution is 2.38. The number of thiazole rings is 1. The van der Waals surface area contributed by atoms with Gasteiger partial charge in [-0.05, 0) is 31.4 Å². The van der Waals surface area contributed by atoms with E-state index in [1.165, 1.54) is 11.3 Å². The number of hydrogen-bond acceptors (Lipinski definition) is 7. The fourth-order valence-electron chi connectivity index (χ4n) is 2.29. The molecule has 0 bridgehead atoms. The average molecular weight is 299 g/mol. The van der Waals surface area contributed by atoms with Crippen molar-refractivity contribution in [1.82, 2.24) is 20.1 Å². The largest absolute Gasteiger partial charge is 0.333 e. The number of nitrogens with zero attached hydrogens (tertiary/aromatic N) is 4. The summed E-state index contributed by atoms with van der Waals surface area (Å²) in [6, 6.07) is 5.73. The molecule has 0 amide bonds. The van der Waals surface area contributed by atoms with E-state index in [0.717, 1.165) is 34.8 Å². The molecular formula is C14H13N5OS. The zero-order chi connectivity index (χ0) is 14.3. The third-order valence-electron chi connectivity index (χ3n) is 3.72. The van der Waals surface area contributed by atoms with Gasteiger partial charge in [0.2, 0.25) is 0 Å². The van der Waals surface area contributed by atoms with Crippen LogP contribution in [0.25, 0.3) is 21.5 Å². The first-order valence-electron chi connectivity index (χ1n) is 6.75. The third-order valence-corrected chi connectivity index (χ3v) is 4.73. The van der Waals surface area contributed by atoms with Gasteiger partial charge in [-0.25, -0.2) is 4.98 Å². The lowest BCUT2D eigenvalue weighted by Crippen LogP contribution is -2.44. The molecule has 21 heavy (non-hydrogen) atoms. The molecule has 3 aromatic heterocycles. The molecule has 3 heterocycles. The van der Waals surface area contributed by atoms with E-state index in [4.69, 9.17) is 10.3 Å². The van der Waals surface area contributed by atoms with Gasteiger partial charge in [-0.1, -0.05) is 11.2 Å². The highest BCUT2D eigenvalue weighted by atomic mass is 32.1. The maximum absolute atomic E-state index is 6.20. The Labute approximate surface area is 125 Å². The minimum atomic E-state index is -0.406. The van der Waals surface area contributed by atoms with Crippen LogP contribution in [0.2, 0.25) is 0 Å². The van der Waals surface area contributed by atoms with Gasteiger partial charge in [0.1, 0.15) is 9.88 Å². The molecule has 3 aromatic rings. The fraction of sp³-hybridized carbons (Fsp3) is 0.286. The Hall–Kier alpha value is -2.12. The van der Waals surface area contributed by atoms with Gasteiger partial charge in [-0.3, -0.25) is 4.98 Å². The van der Waals surface area contributed by atoms with Gasteiger partial charge >= 0.3 is 0 Å². The van der Waals surface area contributed by atoms with Crippen molar-refractivity contribution < 1.29 is 4.52 Å². The molecule has 1 aliphatic carbocycles. The van der Waals surface area contributed by atoms with Gasteiger partial charge in [0.25, 0.3) is 5.89 Å². The molecular weight excluding hydrogens is 286 g/mol. The van der Waals surface area contributed by atoms with Gasteiger partial charge in [-0.15, -0.1) is 11.3 Å². The molecule has 106 valence electrons. The van der Waals surface area contributed by atoms with Crippen LogP contribution in [0.3, 0.4) is 0 Å². The summed E-state index contributed by atoms with van der Waals surface area (Å²) in [4.78, 5) is 13.9. The van der Waals surface area contributed by atoms with Crippen LogP contribution in [-0.4, -0.2) is 20.1 Å². The molecule has 0 unspecified atom stereocenters. The van der Waals surface area contributed by atoms with Crippen molar-refractivity contribution in [2.75, 3.05) is 0 Å². The first-order valence-corrected chi connectivity index (χ1v) is 7.57. The minimum Gasteiger partial charge on any atom is -0.333 e. The van der Waals surface area contributed by atoms with E-state index in [2.05, 4.69) is 20.1 Å². The molecule has 0 spiro atoms.